The second-order valence-electron chi connectivity index (χ2n) is 9.38. The first-order chi connectivity index (χ1) is 19.9. The number of aliphatic hydroxyl groups is 1. The summed E-state index contributed by atoms with van der Waals surface area (Å²) in [5, 5.41) is 12.8. The SMILES string of the molecule is C=CC[C@@]1(C(=O)NCCSCc2ccc(F)cc2)N=C(c2ccc(OCCCO)cc2)O[C@@H]1c1ccc(Cl)cc1Cl. The molecule has 0 aromatic heterocycles. The third-order valence-corrected chi connectivity index (χ3v) is 8.04. The predicted molar refractivity (Wildman–Crippen MR) is 164 cm³/mol. The lowest BCUT2D eigenvalue weighted by atomic mass is 9.84. The Morgan fingerprint density at radius 1 is 1.17 bits per heavy atom. The number of aliphatic hydroxyl groups excluding tert-OH is 1. The van der Waals surface area contributed by atoms with Crippen LogP contribution in [-0.2, 0) is 15.3 Å². The normalized spacial score (nSPS) is 18.0. The minimum Gasteiger partial charge on any atom is -0.494 e. The third kappa shape index (κ3) is 7.83. The number of rotatable bonds is 14. The molecule has 6 nitrogen and oxygen atoms in total. The zero-order chi connectivity index (χ0) is 29.2. The maximum absolute atomic E-state index is 13.9. The van der Waals surface area contributed by atoms with Gasteiger partial charge in [-0.3, -0.25) is 4.79 Å². The number of carbonyl (C=O) groups is 1. The monoisotopic (exact) mass is 616 g/mol. The number of nitrogens with one attached hydrogen (secondary N) is 1. The summed E-state index contributed by atoms with van der Waals surface area (Å²) >= 11 is 14.4. The van der Waals surface area contributed by atoms with Crippen molar-refractivity contribution in [3.63, 3.8) is 0 Å². The number of hydrogen-bond donors (Lipinski definition) is 2. The average Bonchev–Trinajstić information content (AvgIpc) is 3.34. The number of aliphatic imine (C=N–C) groups is 1. The van der Waals surface area contributed by atoms with Gasteiger partial charge in [0.15, 0.2) is 11.6 Å². The fourth-order valence-electron chi connectivity index (χ4n) is 4.39. The number of thioether (sulfide) groups is 1. The summed E-state index contributed by atoms with van der Waals surface area (Å²) in [6.07, 6.45) is 1.56. The van der Waals surface area contributed by atoms with Gasteiger partial charge in [-0.2, -0.15) is 11.8 Å². The molecular formula is C31H31Cl2FN2O4S. The molecule has 0 aliphatic carbocycles. The van der Waals surface area contributed by atoms with E-state index in [-0.39, 0.29) is 24.8 Å². The van der Waals surface area contributed by atoms with Crippen molar-refractivity contribution in [2.24, 2.45) is 4.99 Å². The van der Waals surface area contributed by atoms with Crippen LogP contribution in [0.1, 0.15) is 35.6 Å². The second kappa shape index (κ2) is 14.7. The van der Waals surface area contributed by atoms with Crippen molar-refractivity contribution in [3.8, 4) is 5.75 Å². The molecule has 0 saturated carbocycles. The van der Waals surface area contributed by atoms with Gasteiger partial charge in [0.05, 0.1) is 6.61 Å². The van der Waals surface area contributed by atoms with Crippen LogP contribution in [0.3, 0.4) is 0 Å². The van der Waals surface area contributed by atoms with E-state index in [1.165, 1.54) is 12.1 Å². The Morgan fingerprint density at radius 3 is 2.61 bits per heavy atom. The van der Waals surface area contributed by atoms with Gasteiger partial charge >= 0.3 is 0 Å². The highest BCUT2D eigenvalue weighted by Crippen LogP contribution is 2.45. The van der Waals surface area contributed by atoms with Crippen molar-refractivity contribution in [2.75, 3.05) is 25.5 Å². The second-order valence-corrected chi connectivity index (χ2v) is 11.3. The summed E-state index contributed by atoms with van der Waals surface area (Å²) in [5.74, 6) is 1.71. The summed E-state index contributed by atoms with van der Waals surface area (Å²) in [5.41, 5.74) is 0.906. The Balaban J connectivity index is 1.55. The van der Waals surface area contributed by atoms with Gasteiger partial charge < -0.3 is 19.9 Å². The minimum absolute atomic E-state index is 0.0533. The van der Waals surface area contributed by atoms with Crippen molar-refractivity contribution in [1.29, 1.82) is 0 Å². The minimum atomic E-state index is -1.35. The zero-order valence-corrected chi connectivity index (χ0v) is 24.7. The molecule has 1 heterocycles. The number of benzene rings is 3. The van der Waals surface area contributed by atoms with Gasteiger partial charge in [0.1, 0.15) is 11.6 Å². The summed E-state index contributed by atoms with van der Waals surface area (Å²) in [4.78, 5) is 18.7. The van der Waals surface area contributed by atoms with Crippen LogP contribution in [0.25, 0.3) is 0 Å². The summed E-state index contributed by atoms with van der Waals surface area (Å²) in [6, 6.07) is 18.6. The van der Waals surface area contributed by atoms with E-state index >= 15 is 0 Å². The van der Waals surface area contributed by atoms with Gasteiger partial charge in [-0.25, -0.2) is 9.38 Å². The highest BCUT2D eigenvalue weighted by Gasteiger charge is 2.53. The smallest absolute Gasteiger partial charge is 0.252 e. The van der Waals surface area contributed by atoms with E-state index in [1.807, 2.05) is 12.1 Å². The van der Waals surface area contributed by atoms with Crippen LogP contribution >= 0.6 is 35.0 Å². The quantitative estimate of drug-likeness (QED) is 0.154. The molecule has 216 valence electrons. The fourth-order valence-corrected chi connectivity index (χ4v) is 5.71. The van der Waals surface area contributed by atoms with Crippen LogP contribution in [0.4, 0.5) is 4.39 Å². The number of amides is 1. The maximum atomic E-state index is 13.9. The van der Waals surface area contributed by atoms with Crippen LogP contribution in [0, 0.1) is 5.82 Å². The molecule has 1 aliphatic rings. The molecule has 2 N–H and O–H groups in total. The van der Waals surface area contributed by atoms with Crippen molar-refractivity contribution in [1.82, 2.24) is 5.32 Å². The van der Waals surface area contributed by atoms with Gasteiger partial charge in [-0.05, 0) is 54.1 Å². The van der Waals surface area contributed by atoms with E-state index in [0.29, 0.717) is 63.9 Å². The van der Waals surface area contributed by atoms with E-state index in [2.05, 4.69) is 11.9 Å². The molecule has 3 aromatic rings. The van der Waals surface area contributed by atoms with Crippen molar-refractivity contribution >= 4 is 46.8 Å². The molecule has 0 unspecified atom stereocenters. The number of carbonyl (C=O) groups excluding carboxylic acids is 1. The van der Waals surface area contributed by atoms with Gasteiger partial charge in [-0.15, -0.1) is 6.58 Å². The predicted octanol–water partition coefficient (Wildman–Crippen LogP) is 6.78. The highest BCUT2D eigenvalue weighted by molar-refractivity contribution is 7.98. The number of ether oxygens (including phenoxy) is 2. The molecule has 2 atom stereocenters. The molecule has 41 heavy (non-hydrogen) atoms. The lowest BCUT2D eigenvalue weighted by Crippen LogP contribution is -2.48. The molecule has 0 saturated heterocycles. The fraction of sp³-hybridized carbons (Fsp3) is 0.290. The first-order valence-electron chi connectivity index (χ1n) is 13.1. The molecule has 10 heteroatoms. The number of nitrogens with zero attached hydrogens (tertiary/aromatic N) is 1. The van der Waals surface area contributed by atoms with Gasteiger partial charge in [0.2, 0.25) is 5.90 Å². The lowest BCUT2D eigenvalue weighted by molar-refractivity contribution is -0.128. The molecular weight excluding hydrogens is 586 g/mol. The molecule has 0 fully saturated rings. The Labute approximate surface area is 253 Å². The van der Waals surface area contributed by atoms with E-state index in [1.54, 1.807) is 60.3 Å². The largest absolute Gasteiger partial charge is 0.494 e. The van der Waals surface area contributed by atoms with E-state index in [0.717, 1.165) is 5.56 Å². The van der Waals surface area contributed by atoms with E-state index in [9.17, 15) is 9.18 Å². The summed E-state index contributed by atoms with van der Waals surface area (Å²) < 4.78 is 25.2. The van der Waals surface area contributed by atoms with Crippen LogP contribution in [0.2, 0.25) is 10.0 Å². The Bertz CT molecular complexity index is 1370. The first-order valence-corrected chi connectivity index (χ1v) is 15.0. The molecule has 3 aromatic carbocycles. The van der Waals surface area contributed by atoms with Crippen LogP contribution in [-0.4, -0.2) is 48.0 Å². The van der Waals surface area contributed by atoms with E-state index < -0.39 is 11.6 Å². The Hall–Kier alpha value is -3.04. The van der Waals surface area contributed by atoms with Gasteiger partial charge in [-0.1, -0.05) is 47.5 Å². The molecule has 0 radical (unpaired) electrons. The van der Waals surface area contributed by atoms with Gasteiger partial charge in [0.25, 0.3) is 5.91 Å². The average molecular weight is 618 g/mol. The Kier molecular flexibility index (Phi) is 11.1. The van der Waals surface area contributed by atoms with E-state index in [4.69, 9.17) is 42.8 Å². The Morgan fingerprint density at radius 2 is 1.93 bits per heavy atom. The molecule has 1 amide bonds. The van der Waals surface area contributed by atoms with Crippen molar-refractivity contribution in [2.45, 2.75) is 30.2 Å². The van der Waals surface area contributed by atoms with Gasteiger partial charge in [0, 0.05) is 58.7 Å². The van der Waals surface area contributed by atoms with Crippen LogP contribution < -0.4 is 10.1 Å². The zero-order valence-electron chi connectivity index (χ0n) is 22.3. The summed E-state index contributed by atoms with van der Waals surface area (Å²) in [6.45, 7) is 4.74. The third-order valence-electron chi connectivity index (χ3n) is 6.44. The van der Waals surface area contributed by atoms with Crippen molar-refractivity contribution < 1.29 is 23.8 Å². The lowest BCUT2D eigenvalue weighted by Gasteiger charge is -2.30. The molecule has 1 aliphatic heterocycles. The molecule has 4 rings (SSSR count). The maximum Gasteiger partial charge on any atom is 0.252 e. The highest BCUT2D eigenvalue weighted by atomic mass is 35.5. The van der Waals surface area contributed by atoms with Crippen LogP contribution in [0.5, 0.6) is 5.75 Å². The first kappa shape index (κ1) is 30.9. The number of hydrogen-bond acceptors (Lipinski definition) is 6. The van der Waals surface area contributed by atoms with Crippen LogP contribution in [0.15, 0.2) is 84.4 Å². The standard InChI is InChI=1S/C31H31Cl2FN2O4S/c1-2-14-31(30(38)35-15-18-41-20-21-4-9-24(34)10-5-21)28(26-13-8-23(32)19-27(26)33)40-29(36-31)22-6-11-25(12-7-22)39-17-3-16-37/h2,4-13,19,28,37H,1,3,14-18,20H2,(H,35,38)/t28-,31-/m1/s1. The summed E-state index contributed by atoms with van der Waals surface area (Å²) in [7, 11) is 0. The topological polar surface area (TPSA) is 80.2 Å². The van der Waals surface area contributed by atoms with Crippen molar-refractivity contribution in [3.05, 3.63) is 112 Å². The number of halogens is 3. The molecule has 0 spiro atoms. The molecule has 0 bridgehead atoms.